The van der Waals surface area contributed by atoms with Crippen molar-refractivity contribution in [3.05, 3.63) is 29.6 Å². The molecule has 0 saturated carbocycles. The van der Waals surface area contributed by atoms with E-state index in [1.807, 2.05) is 20.9 Å². The Bertz CT molecular complexity index is 503. The molecule has 0 N–H and O–H groups in total. The van der Waals surface area contributed by atoms with Crippen LogP contribution < -0.4 is 0 Å². The first kappa shape index (κ1) is 15.8. The zero-order valence-corrected chi connectivity index (χ0v) is 12.2. The third kappa shape index (κ3) is 3.34. The Kier molecular flexibility index (Phi) is 4.22. The highest BCUT2D eigenvalue weighted by Crippen LogP contribution is 2.27. The summed E-state index contributed by atoms with van der Waals surface area (Å²) in [7, 11) is 2.00. The first-order chi connectivity index (χ1) is 9.70. The number of rotatable bonds is 1. The van der Waals surface area contributed by atoms with E-state index in [1.165, 1.54) is 6.07 Å². The van der Waals surface area contributed by atoms with Gasteiger partial charge in [0.2, 0.25) is 0 Å². The van der Waals surface area contributed by atoms with Gasteiger partial charge in [0.15, 0.2) is 0 Å². The number of hydrogen-bond acceptors (Lipinski definition) is 3. The normalized spacial score (nSPS) is 24.2. The number of alkyl halides is 3. The summed E-state index contributed by atoms with van der Waals surface area (Å²) in [6.45, 7) is 5.14. The zero-order chi connectivity index (χ0) is 15.8. The summed E-state index contributed by atoms with van der Waals surface area (Å²) in [5, 5.41) is 0. The molecule has 116 valence electrons. The molecule has 1 saturated heterocycles. The molecule has 0 spiro atoms. The second-order valence-corrected chi connectivity index (χ2v) is 5.50. The van der Waals surface area contributed by atoms with Crippen LogP contribution in [0.4, 0.5) is 13.2 Å². The monoisotopic (exact) mass is 301 g/mol. The summed E-state index contributed by atoms with van der Waals surface area (Å²) in [6.07, 6.45) is -3.49. The van der Waals surface area contributed by atoms with Gasteiger partial charge in [-0.25, -0.2) is 0 Å². The minimum atomic E-state index is -4.49. The molecule has 1 aromatic rings. The number of carbonyl (C=O) groups is 1. The minimum Gasteiger partial charge on any atom is -0.335 e. The zero-order valence-electron chi connectivity index (χ0n) is 12.2. The van der Waals surface area contributed by atoms with Crippen LogP contribution in [0, 0.1) is 0 Å². The lowest BCUT2D eigenvalue weighted by atomic mass is 10.1. The van der Waals surface area contributed by atoms with Gasteiger partial charge < -0.3 is 4.90 Å². The molecule has 1 aromatic heterocycles. The van der Waals surface area contributed by atoms with Crippen molar-refractivity contribution in [1.82, 2.24) is 14.8 Å². The maximum atomic E-state index is 12.5. The molecular weight excluding hydrogens is 283 g/mol. The average Bonchev–Trinajstić information content (AvgIpc) is 2.42. The molecule has 1 amide bonds. The van der Waals surface area contributed by atoms with Gasteiger partial charge >= 0.3 is 6.18 Å². The number of hydrogen-bond donors (Lipinski definition) is 0. The van der Waals surface area contributed by atoms with E-state index in [0.29, 0.717) is 13.1 Å². The van der Waals surface area contributed by atoms with Gasteiger partial charge in [-0.15, -0.1) is 0 Å². The minimum absolute atomic E-state index is 0.187. The fraction of sp³-hybridized carbons (Fsp3) is 0.571. The maximum absolute atomic E-state index is 12.5. The lowest BCUT2D eigenvalue weighted by Crippen LogP contribution is -2.56. The van der Waals surface area contributed by atoms with E-state index >= 15 is 0 Å². The number of aromatic nitrogens is 1. The molecular formula is C14H18F3N3O. The van der Waals surface area contributed by atoms with Crippen LogP contribution in [0.15, 0.2) is 18.3 Å². The number of likely N-dealkylation sites (N-methyl/N-ethyl adjacent to an activating group) is 1. The van der Waals surface area contributed by atoms with Gasteiger partial charge in [-0.1, -0.05) is 0 Å². The third-order valence-electron chi connectivity index (χ3n) is 3.95. The van der Waals surface area contributed by atoms with Crippen molar-refractivity contribution in [2.75, 3.05) is 20.1 Å². The highest BCUT2D eigenvalue weighted by molar-refractivity contribution is 5.94. The Morgan fingerprint density at radius 3 is 2.24 bits per heavy atom. The van der Waals surface area contributed by atoms with E-state index in [-0.39, 0.29) is 23.6 Å². The van der Waals surface area contributed by atoms with E-state index in [2.05, 4.69) is 9.88 Å². The highest BCUT2D eigenvalue weighted by atomic mass is 19.4. The van der Waals surface area contributed by atoms with E-state index in [1.54, 1.807) is 4.90 Å². The summed E-state index contributed by atoms with van der Waals surface area (Å²) in [5.74, 6) is -0.275. The van der Waals surface area contributed by atoms with Crippen LogP contribution in [-0.2, 0) is 6.18 Å². The quantitative estimate of drug-likeness (QED) is 0.798. The van der Waals surface area contributed by atoms with E-state index < -0.39 is 11.9 Å². The fourth-order valence-electron chi connectivity index (χ4n) is 2.44. The van der Waals surface area contributed by atoms with E-state index in [9.17, 15) is 18.0 Å². The molecule has 0 unspecified atom stereocenters. The topological polar surface area (TPSA) is 36.4 Å². The predicted molar refractivity (Wildman–Crippen MR) is 71.8 cm³/mol. The number of pyridine rings is 1. The molecule has 21 heavy (non-hydrogen) atoms. The summed E-state index contributed by atoms with van der Waals surface area (Å²) >= 11 is 0. The lowest BCUT2D eigenvalue weighted by Gasteiger charge is -2.42. The lowest BCUT2D eigenvalue weighted by molar-refractivity contribution is -0.141. The Balaban J connectivity index is 2.13. The number of halogens is 3. The molecule has 0 bridgehead atoms. The standard InChI is InChI=1S/C14H18F3N3O/c1-9-7-20(8-10(2)19(9)3)13(21)11-4-5-12(18-6-11)14(15,16)17/h4-6,9-10H,7-8H2,1-3H3/t9-,10+. The molecule has 2 atom stereocenters. The number of piperazine rings is 1. The van der Waals surface area contributed by atoms with Crippen LogP contribution in [0.2, 0.25) is 0 Å². The molecule has 0 aromatic carbocycles. The van der Waals surface area contributed by atoms with Crippen molar-refractivity contribution in [2.45, 2.75) is 32.1 Å². The van der Waals surface area contributed by atoms with E-state index in [4.69, 9.17) is 0 Å². The number of carbonyl (C=O) groups excluding carboxylic acids is 1. The van der Waals surface area contributed by atoms with Gasteiger partial charge in [0.05, 0.1) is 5.56 Å². The van der Waals surface area contributed by atoms with E-state index in [0.717, 1.165) is 12.3 Å². The van der Waals surface area contributed by atoms with Crippen molar-refractivity contribution >= 4 is 5.91 Å². The first-order valence-electron chi connectivity index (χ1n) is 6.74. The van der Waals surface area contributed by atoms with Crippen molar-refractivity contribution in [3.8, 4) is 0 Å². The van der Waals surface area contributed by atoms with Crippen molar-refractivity contribution in [3.63, 3.8) is 0 Å². The Morgan fingerprint density at radius 2 is 1.81 bits per heavy atom. The molecule has 2 heterocycles. The van der Waals surface area contributed by atoms with Gasteiger partial charge in [0, 0.05) is 31.4 Å². The SMILES string of the molecule is C[C@@H]1CN(C(=O)c2ccc(C(F)(F)F)nc2)C[C@H](C)N1C. The van der Waals surface area contributed by atoms with Gasteiger partial charge in [-0.2, -0.15) is 13.2 Å². The predicted octanol–water partition coefficient (Wildman–Crippen LogP) is 2.27. The van der Waals surface area contributed by atoms with Crippen LogP contribution in [0.25, 0.3) is 0 Å². The maximum Gasteiger partial charge on any atom is 0.433 e. The Labute approximate surface area is 121 Å². The van der Waals surface area contributed by atoms with Crippen LogP contribution in [0.3, 0.4) is 0 Å². The van der Waals surface area contributed by atoms with Crippen LogP contribution in [-0.4, -0.2) is 52.9 Å². The van der Waals surface area contributed by atoms with Crippen LogP contribution >= 0.6 is 0 Å². The molecule has 0 aliphatic carbocycles. The Morgan fingerprint density at radius 1 is 1.24 bits per heavy atom. The average molecular weight is 301 g/mol. The first-order valence-corrected chi connectivity index (χ1v) is 6.74. The van der Waals surface area contributed by atoms with Crippen molar-refractivity contribution in [1.29, 1.82) is 0 Å². The number of amides is 1. The molecule has 1 fully saturated rings. The van der Waals surface area contributed by atoms with Gasteiger partial charge in [0.1, 0.15) is 5.69 Å². The van der Waals surface area contributed by atoms with Crippen LogP contribution in [0.1, 0.15) is 29.9 Å². The largest absolute Gasteiger partial charge is 0.433 e. The Hall–Kier alpha value is -1.63. The van der Waals surface area contributed by atoms with Gasteiger partial charge in [0.25, 0.3) is 5.91 Å². The van der Waals surface area contributed by atoms with Crippen molar-refractivity contribution in [2.24, 2.45) is 0 Å². The summed E-state index contributed by atoms with van der Waals surface area (Å²) in [4.78, 5) is 19.5. The summed E-state index contributed by atoms with van der Waals surface area (Å²) in [6, 6.07) is 2.45. The highest BCUT2D eigenvalue weighted by Gasteiger charge is 2.33. The molecule has 2 rings (SSSR count). The molecule has 7 heteroatoms. The second kappa shape index (κ2) is 5.63. The summed E-state index contributed by atoms with van der Waals surface area (Å²) in [5.41, 5.74) is -0.800. The van der Waals surface area contributed by atoms with Crippen molar-refractivity contribution < 1.29 is 18.0 Å². The number of nitrogens with zero attached hydrogens (tertiary/aromatic N) is 3. The molecule has 0 radical (unpaired) electrons. The smallest absolute Gasteiger partial charge is 0.335 e. The fourth-order valence-corrected chi connectivity index (χ4v) is 2.44. The molecule has 1 aliphatic rings. The molecule has 1 aliphatic heterocycles. The van der Waals surface area contributed by atoms with Crippen LogP contribution in [0.5, 0.6) is 0 Å². The van der Waals surface area contributed by atoms with Gasteiger partial charge in [-0.05, 0) is 33.0 Å². The van der Waals surface area contributed by atoms with Gasteiger partial charge in [-0.3, -0.25) is 14.7 Å². The summed E-state index contributed by atoms with van der Waals surface area (Å²) < 4.78 is 37.4. The second-order valence-electron chi connectivity index (χ2n) is 5.50. The molecule has 4 nitrogen and oxygen atoms in total. The third-order valence-corrected chi connectivity index (χ3v) is 3.95.